The first-order chi connectivity index (χ1) is 9.85. The fourth-order valence-electron chi connectivity index (χ4n) is 2.16. The minimum atomic E-state index is -1.15. The quantitative estimate of drug-likeness (QED) is 0.803. The molecule has 1 heterocycles. The van der Waals surface area contributed by atoms with E-state index in [1.807, 2.05) is 0 Å². The lowest BCUT2D eigenvalue weighted by molar-refractivity contribution is -0.156. The van der Waals surface area contributed by atoms with Gasteiger partial charge in [0, 0.05) is 0 Å². The highest BCUT2D eigenvalue weighted by atomic mass is 16.6. The van der Waals surface area contributed by atoms with E-state index in [2.05, 4.69) is 5.32 Å². The highest BCUT2D eigenvalue weighted by Gasteiger charge is 2.48. The number of carboxylic acid groups (broad SMARTS) is 1. The lowest BCUT2D eigenvalue weighted by Gasteiger charge is -2.34. The second-order valence-electron chi connectivity index (χ2n) is 6.69. The first-order valence-electron chi connectivity index (χ1n) is 7.04. The number of nitrogens with zero attached hydrogens (tertiary/aromatic N) is 1. The van der Waals surface area contributed by atoms with Crippen LogP contribution in [0, 0.1) is 0 Å². The van der Waals surface area contributed by atoms with Gasteiger partial charge in [-0.15, -0.1) is 0 Å². The van der Waals surface area contributed by atoms with Crippen molar-refractivity contribution in [3.05, 3.63) is 0 Å². The number of rotatable bonds is 3. The Balaban J connectivity index is 2.80. The van der Waals surface area contributed by atoms with Crippen LogP contribution in [-0.2, 0) is 19.1 Å². The Morgan fingerprint density at radius 2 is 1.91 bits per heavy atom. The third kappa shape index (κ3) is 4.33. The summed E-state index contributed by atoms with van der Waals surface area (Å²) in [6.07, 6.45) is -0.738. The third-order valence-corrected chi connectivity index (χ3v) is 3.11. The summed E-state index contributed by atoms with van der Waals surface area (Å²) < 4.78 is 10.4. The number of nitrogens with one attached hydrogen (secondary N) is 1. The molecule has 0 aromatic heterocycles. The number of alkyl carbamates (subject to hydrolysis) is 1. The molecule has 0 radical (unpaired) electrons. The molecule has 0 aliphatic carbocycles. The van der Waals surface area contributed by atoms with E-state index >= 15 is 0 Å². The van der Waals surface area contributed by atoms with Gasteiger partial charge in [0.15, 0.2) is 6.04 Å². The number of carbonyl (C=O) groups is 3. The standard InChI is InChI=1S/C14H24N2O6/c1-8(15-12(20)22-13(2,3)4)10(17)16-9(11(18)19)7-21-14(16,5)6/h8-9H,7H2,1-6H3,(H,15,20)(H,18,19)/t8-,9-/m0/s1. The van der Waals surface area contributed by atoms with Gasteiger partial charge in [0.2, 0.25) is 5.91 Å². The van der Waals surface area contributed by atoms with Crippen molar-refractivity contribution in [2.24, 2.45) is 0 Å². The Labute approximate surface area is 129 Å². The van der Waals surface area contributed by atoms with Crippen LogP contribution in [0.5, 0.6) is 0 Å². The molecule has 0 aromatic carbocycles. The number of aliphatic carboxylic acids is 1. The van der Waals surface area contributed by atoms with Crippen molar-refractivity contribution in [2.45, 2.75) is 65.0 Å². The normalized spacial score (nSPS) is 22.1. The lowest BCUT2D eigenvalue weighted by Crippen LogP contribution is -2.57. The molecular formula is C14H24N2O6. The highest BCUT2D eigenvalue weighted by molar-refractivity contribution is 5.90. The Morgan fingerprint density at radius 3 is 2.36 bits per heavy atom. The third-order valence-electron chi connectivity index (χ3n) is 3.11. The molecule has 0 bridgehead atoms. The Kier molecular flexibility index (Phi) is 5.06. The molecule has 1 rings (SSSR count). The molecule has 2 N–H and O–H groups in total. The minimum Gasteiger partial charge on any atom is -0.480 e. The number of hydrogen-bond acceptors (Lipinski definition) is 5. The topological polar surface area (TPSA) is 105 Å². The van der Waals surface area contributed by atoms with Crippen LogP contribution in [0.2, 0.25) is 0 Å². The van der Waals surface area contributed by atoms with Crippen LogP contribution < -0.4 is 5.32 Å². The van der Waals surface area contributed by atoms with E-state index in [1.165, 1.54) is 6.92 Å². The van der Waals surface area contributed by atoms with Crippen molar-refractivity contribution in [3.8, 4) is 0 Å². The molecule has 1 saturated heterocycles. The molecular weight excluding hydrogens is 292 g/mol. The number of ether oxygens (including phenoxy) is 2. The largest absolute Gasteiger partial charge is 0.480 e. The lowest BCUT2D eigenvalue weighted by atomic mass is 10.1. The van der Waals surface area contributed by atoms with Crippen molar-refractivity contribution < 1.29 is 29.0 Å². The fraction of sp³-hybridized carbons (Fsp3) is 0.786. The van der Waals surface area contributed by atoms with E-state index in [0.29, 0.717) is 0 Å². The molecule has 8 nitrogen and oxygen atoms in total. The molecule has 0 spiro atoms. The smallest absolute Gasteiger partial charge is 0.408 e. The molecule has 1 aliphatic rings. The molecule has 0 aromatic rings. The first-order valence-corrected chi connectivity index (χ1v) is 7.04. The first kappa shape index (κ1) is 18.2. The molecule has 8 heteroatoms. The monoisotopic (exact) mass is 316 g/mol. The van der Waals surface area contributed by atoms with Gasteiger partial charge in [-0.25, -0.2) is 9.59 Å². The zero-order chi connectivity index (χ0) is 17.3. The van der Waals surface area contributed by atoms with Crippen LogP contribution >= 0.6 is 0 Å². The van der Waals surface area contributed by atoms with Crippen molar-refractivity contribution in [3.63, 3.8) is 0 Å². The van der Waals surface area contributed by atoms with Gasteiger partial charge in [0.25, 0.3) is 0 Å². The van der Waals surface area contributed by atoms with E-state index < -0.39 is 41.4 Å². The van der Waals surface area contributed by atoms with Crippen molar-refractivity contribution in [2.75, 3.05) is 6.61 Å². The van der Waals surface area contributed by atoms with Gasteiger partial charge in [-0.2, -0.15) is 0 Å². The molecule has 2 amide bonds. The molecule has 0 unspecified atom stereocenters. The minimum absolute atomic E-state index is 0.0900. The zero-order valence-corrected chi connectivity index (χ0v) is 13.8. The summed E-state index contributed by atoms with van der Waals surface area (Å²) in [6.45, 7) is 9.71. The maximum Gasteiger partial charge on any atom is 0.408 e. The summed E-state index contributed by atoms with van der Waals surface area (Å²) in [7, 11) is 0. The van der Waals surface area contributed by atoms with Crippen LogP contribution in [-0.4, -0.2) is 58.0 Å². The summed E-state index contributed by atoms with van der Waals surface area (Å²) in [4.78, 5) is 36.6. The van der Waals surface area contributed by atoms with E-state index in [9.17, 15) is 19.5 Å². The number of carboxylic acids is 1. The van der Waals surface area contributed by atoms with E-state index in [0.717, 1.165) is 4.90 Å². The SMILES string of the molecule is C[C@H](NC(=O)OC(C)(C)C)C(=O)N1[C@H](C(=O)O)COC1(C)C. The average molecular weight is 316 g/mol. The predicted molar refractivity (Wildman–Crippen MR) is 77.1 cm³/mol. The number of hydrogen-bond donors (Lipinski definition) is 2. The van der Waals surface area contributed by atoms with Gasteiger partial charge in [-0.1, -0.05) is 0 Å². The van der Waals surface area contributed by atoms with Gasteiger partial charge >= 0.3 is 12.1 Å². The Bertz CT molecular complexity index is 468. The average Bonchev–Trinajstić information content (AvgIpc) is 2.61. The zero-order valence-electron chi connectivity index (χ0n) is 13.8. The summed E-state index contributed by atoms with van der Waals surface area (Å²) in [5, 5.41) is 11.6. The van der Waals surface area contributed by atoms with Crippen LogP contribution in [0.1, 0.15) is 41.5 Å². The summed E-state index contributed by atoms with van der Waals surface area (Å²) in [5.74, 6) is -1.69. The van der Waals surface area contributed by atoms with Crippen LogP contribution in [0.15, 0.2) is 0 Å². The second kappa shape index (κ2) is 6.12. The van der Waals surface area contributed by atoms with Gasteiger partial charge in [-0.3, -0.25) is 9.69 Å². The maximum atomic E-state index is 12.5. The Hall–Kier alpha value is -1.83. The van der Waals surface area contributed by atoms with Crippen LogP contribution in [0.4, 0.5) is 4.79 Å². The number of amides is 2. The van der Waals surface area contributed by atoms with Crippen LogP contribution in [0.3, 0.4) is 0 Å². The van der Waals surface area contributed by atoms with Crippen molar-refractivity contribution in [1.29, 1.82) is 0 Å². The molecule has 1 fully saturated rings. The summed E-state index contributed by atoms with van der Waals surface area (Å²) >= 11 is 0. The molecule has 0 saturated carbocycles. The highest BCUT2D eigenvalue weighted by Crippen LogP contribution is 2.28. The predicted octanol–water partition coefficient (Wildman–Crippen LogP) is 0.948. The second-order valence-corrected chi connectivity index (χ2v) is 6.69. The van der Waals surface area contributed by atoms with Gasteiger partial charge in [0.05, 0.1) is 6.61 Å². The van der Waals surface area contributed by atoms with Crippen molar-refractivity contribution in [1.82, 2.24) is 10.2 Å². The summed E-state index contributed by atoms with van der Waals surface area (Å²) in [5.41, 5.74) is -1.74. The molecule has 22 heavy (non-hydrogen) atoms. The summed E-state index contributed by atoms with van der Waals surface area (Å²) in [6, 6.07) is -2.01. The van der Waals surface area contributed by atoms with Gasteiger partial charge < -0.3 is 19.9 Å². The fourth-order valence-corrected chi connectivity index (χ4v) is 2.16. The number of carbonyl (C=O) groups excluding carboxylic acids is 2. The van der Waals surface area contributed by atoms with E-state index in [4.69, 9.17) is 9.47 Å². The van der Waals surface area contributed by atoms with Crippen molar-refractivity contribution >= 4 is 18.0 Å². The maximum absolute atomic E-state index is 12.5. The Morgan fingerprint density at radius 1 is 1.36 bits per heavy atom. The van der Waals surface area contributed by atoms with Crippen LogP contribution in [0.25, 0.3) is 0 Å². The molecule has 126 valence electrons. The molecule has 2 atom stereocenters. The van der Waals surface area contributed by atoms with E-state index in [1.54, 1.807) is 34.6 Å². The van der Waals surface area contributed by atoms with Gasteiger partial charge in [-0.05, 0) is 41.5 Å². The van der Waals surface area contributed by atoms with E-state index in [-0.39, 0.29) is 6.61 Å². The van der Waals surface area contributed by atoms with Gasteiger partial charge in [0.1, 0.15) is 17.4 Å². The molecule has 1 aliphatic heterocycles.